The van der Waals surface area contributed by atoms with Crippen LogP contribution in [0, 0.1) is 0 Å². The average molecular weight is 271 g/mol. The van der Waals surface area contributed by atoms with Gasteiger partial charge in [0.2, 0.25) is 0 Å². The van der Waals surface area contributed by atoms with Crippen LogP contribution in [-0.2, 0) is 4.74 Å². The summed E-state index contributed by atoms with van der Waals surface area (Å²) in [5.74, 6) is -0.193. The first-order chi connectivity index (χ1) is 8.75. The highest BCUT2D eigenvalue weighted by Crippen LogP contribution is 2.12. The Balaban J connectivity index is 2.16. The van der Waals surface area contributed by atoms with Gasteiger partial charge in [-0.1, -0.05) is 24.9 Å². The quantitative estimate of drug-likeness (QED) is 0.739. The molecule has 0 aliphatic carbocycles. The summed E-state index contributed by atoms with van der Waals surface area (Å²) >= 11 is 5.89. The number of nitrogens with zero attached hydrogens (tertiary/aromatic N) is 1. The molecular formula is C13H19ClN2O2. The maximum absolute atomic E-state index is 11.7. The molecular weight excluding hydrogens is 252 g/mol. The third-order valence-corrected chi connectivity index (χ3v) is 2.74. The van der Waals surface area contributed by atoms with Crippen molar-refractivity contribution in [1.82, 2.24) is 10.3 Å². The number of amides is 1. The van der Waals surface area contributed by atoms with E-state index in [-0.39, 0.29) is 5.91 Å². The Morgan fingerprint density at radius 2 is 2.22 bits per heavy atom. The van der Waals surface area contributed by atoms with Crippen LogP contribution in [0.4, 0.5) is 0 Å². The Morgan fingerprint density at radius 3 is 2.94 bits per heavy atom. The van der Waals surface area contributed by atoms with E-state index in [4.69, 9.17) is 16.3 Å². The maximum atomic E-state index is 11.7. The van der Waals surface area contributed by atoms with Crippen LogP contribution >= 0.6 is 11.6 Å². The lowest BCUT2D eigenvalue weighted by atomic mass is 10.2. The van der Waals surface area contributed by atoms with Gasteiger partial charge in [-0.3, -0.25) is 9.78 Å². The zero-order valence-electron chi connectivity index (χ0n) is 10.6. The van der Waals surface area contributed by atoms with Crippen LogP contribution in [0.1, 0.15) is 36.5 Å². The number of carbonyl (C=O) groups is 1. The van der Waals surface area contributed by atoms with Crippen LogP contribution in [-0.4, -0.2) is 30.6 Å². The predicted octanol–water partition coefficient (Wildman–Crippen LogP) is 2.67. The number of rotatable bonds is 8. The normalized spacial score (nSPS) is 10.3. The molecule has 1 aromatic rings. The molecule has 0 fully saturated rings. The molecule has 100 valence electrons. The Labute approximate surface area is 113 Å². The third-order valence-electron chi connectivity index (χ3n) is 2.41. The van der Waals surface area contributed by atoms with E-state index in [0.29, 0.717) is 23.7 Å². The van der Waals surface area contributed by atoms with Gasteiger partial charge in [0.15, 0.2) is 0 Å². The Bertz CT molecular complexity index is 372. The van der Waals surface area contributed by atoms with Crippen molar-refractivity contribution in [2.45, 2.75) is 26.2 Å². The first-order valence-electron chi connectivity index (χ1n) is 6.21. The molecule has 1 N–H and O–H groups in total. The van der Waals surface area contributed by atoms with Crippen molar-refractivity contribution in [3.05, 3.63) is 29.0 Å². The van der Waals surface area contributed by atoms with Crippen molar-refractivity contribution < 1.29 is 9.53 Å². The molecule has 0 aliphatic heterocycles. The Kier molecular flexibility index (Phi) is 7.37. The van der Waals surface area contributed by atoms with Crippen molar-refractivity contribution in [3.8, 4) is 0 Å². The van der Waals surface area contributed by atoms with Gasteiger partial charge >= 0.3 is 0 Å². The summed E-state index contributed by atoms with van der Waals surface area (Å²) in [4.78, 5) is 15.6. The van der Waals surface area contributed by atoms with Crippen molar-refractivity contribution in [1.29, 1.82) is 0 Å². The fourth-order valence-electron chi connectivity index (χ4n) is 1.36. The molecule has 0 atom stereocenters. The van der Waals surface area contributed by atoms with Crippen molar-refractivity contribution in [3.63, 3.8) is 0 Å². The summed E-state index contributed by atoms with van der Waals surface area (Å²) in [5, 5.41) is 3.21. The highest BCUT2D eigenvalue weighted by molar-refractivity contribution is 6.33. The SMILES string of the molecule is CCCCOCCCNC(=O)c1cnccc1Cl. The maximum Gasteiger partial charge on any atom is 0.254 e. The molecule has 1 heterocycles. The van der Waals surface area contributed by atoms with E-state index in [1.54, 1.807) is 12.3 Å². The number of hydrogen-bond acceptors (Lipinski definition) is 3. The zero-order chi connectivity index (χ0) is 13.2. The lowest BCUT2D eigenvalue weighted by molar-refractivity contribution is 0.0940. The van der Waals surface area contributed by atoms with E-state index < -0.39 is 0 Å². The largest absolute Gasteiger partial charge is 0.381 e. The first-order valence-corrected chi connectivity index (χ1v) is 6.59. The molecule has 0 saturated heterocycles. The number of pyridine rings is 1. The number of hydrogen-bond donors (Lipinski definition) is 1. The summed E-state index contributed by atoms with van der Waals surface area (Å²) in [7, 11) is 0. The fraction of sp³-hybridized carbons (Fsp3) is 0.538. The number of halogens is 1. The van der Waals surface area contributed by atoms with Gasteiger partial charge in [0.1, 0.15) is 0 Å². The summed E-state index contributed by atoms with van der Waals surface area (Å²) in [5.41, 5.74) is 0.408. The first kappa shape index (κ1) is 14.9. The minimum atomic E-state index is -0.193. The van der Waals surface area contributed by atoms with Gasteiger partial charge in [0.05, 0.1) is 10.6 Å². The van der Waals surface area contributed by atoms with Gasteiger partial charge in [-0.15, -0.1) is 0 Å². The highest BCUT2D eigenvalue weighted by atomic mass is 35.5. The standard InChI is InChI=1S/C13H19ClN2O2/c1-2-3-8-18-9-4-6-16-13(17)11-10-15-7-5-12(11)14/h5,7,10H,2-4,6,8-9H2,1H3,(H,16,17). The molecule has 1 aromatic heterocycles. The summed E-state index contributed by atoms with van der Waals surface area (Å²) in [6, 6.07) is 1.60. The van der Waals surface area contributed by atoms with Gasteiger partial charge in [0, 0.05) is 32.2 Å². The zero-order valence-corrected chi connectivity index (χ0v) is 11.4. The molecule has 0 saturated carbocycles. The lowest BCUT2D eigenvalue weighted by Crippen LogP contribution is -2.25. The smallest absolute Gasteiger partial charge is 0.254 e. The number of nitrogens with one attached hydrogen (secondary N) is 1. The van der Waals surface area contributed by atoms with E-state index in [1.807, 2.05) is 0 Å². The number of unbranched alkanes of at least 4 members (excludes halogenated alkanes) is 1. The summed E-state index contributed by atoms with van der Waals surface area (Å²) in [6.07, 6.45) is 6.04. The minimum Gasteiger partial charge on any atom is -0.381 e. The van der Waals surface area contributed by atoms with Crippen LogP contribution < -0.4 is 5.32 Å². The molecule has 0 unspecified atom stereocenters. The molecule has 18 heavy (non-hydrogen) atoms. The third kappa shape index (κ3) is 5.47. The molecule has 0 radical (unpaired) electrons. The average Bonchev–Trinajstić information content (AvgIpc) is 2.38. The van der Waals surface area contributed by atoms with E-state index in [2.05, 4.69) is 17.2 Å². The second kappa shape index (κ2) is 8.89. The molecule has 1 rings (SSSR count). The van der Waals surface area contributed by atoms with E-state index in [1.165, 1.54) is 6.20 Å². The van der Waals surface area contributed by atoms with E-state index >= 15 is 0 Å². The second-order valence-corrected chi connectivity index (χ2v) is 4.34. The van der Waals surface area contributed by atoms with Gasteiger partial charge < -0.3 is 10.1 Å². The molecule has 0 aliphatic rings. The number of aromatic nitrogens is 1. The van der Waals surface area contributed by atoms with Gasteiger partial charge in [-0.2, -0.15) is 0 Å². The van der Waals surface area contributed by atoms with Gasteiger partial charge in [0.25, 0.3) is 5.91 Å². The van der Waals surface area contributed by atoms with Crippen LogP contribution in [0.5, 0.6) is 0 Å². The molecule has 0 bridgehead atoms. The van der Waals surface area contributed by atoms with Crippen LogP contribution in [0.3, 0.4) is 0 Å². The van der Waals surface area contributed by atoms with Crippen molar-refractivity contribution >= 4 is 17.5 Å². The molecule has 4 nitrogen and oxygen atoms in total. The predicted molar refractivity (Wildman–Crippen MR) is 71.9 cm³/mol. The summed E-state index contributed by atoms with van der Waals surface area (Å²) in [6.45, 7) is 4.16. The van der Waals surface area contributed by atoms with Gasteiger partial charge in [-0.05, 0) is 18.9 Å². The van der Waals surface area contributed by atoms with Gasteiger partial charge in [-0.25, -0.2) is 0 Å². The Hall–Kier alpha value is -1.13. The van der Waals surface area contributed by atoms with E-state index in [9.17, 15) is 4.79 Å². The number of carbonyl (C=O) groups excluding carboxylic acids is 1. The second-order valence-electron chi connectivity index (χ2n) is 3.93. The summed E-state index contributed by atoms with van der Waals surface area (Å²) < 4.78 is 5.40. The minimum absolute atomic E-state index is 0.193. The molecule has 1 amide bonds. The molecule has 0 spiro atoms. The topological polar surface area (TPSA) is 51.2 Å². The highest BCUT2D eigenvalue weighted by Gasteiger charge is 2.08. The molecule has 0 aromatic carbocycles. The van der Waals surface area contributed by atoms with Crippen LogP contribution in [0.25, 0.3) is 0 Å². The fourth-order valence-corrected chi connectivity index (χ4v) is 1.56. The Morgan fingerprint density at radius 1 is 1.44 bits per heavy atom. The monoisotopic (exact) mass is 270 g/mol. The van der Waals surface area contributed by atoms with E-state index in [0.717, 1.165) is 25.9 Å². The van der Waals surface area contributed by atoms with Crippen LogP contribution in [0.15, 0.2) is 18.5 Å². The van der Waals surface area contributed by atoms with Crippen LogP contribution in [0.2, 0.25) is 5.02 Å². The number of ether oxygens (including phenoxy) is 1. The lowest BCUT2D eigenvalue weighted by Gasteiger charge is -2.06. The molecule has 5 heteroatoms. The van der Waals surface area contributed by atoms with Crippen molar-refractivity contribution in [2.75, 3.05) is 19.8 Å². The van der Waals surface area contributed by atoms with Crippen molar-refractivity contribution in [2.24, 2.45) is 0 Å².